The second-order valence-electron chi connectivity index (χ2n) is 4.68. The minimum absolute atomic E-state index is 0.149. The lowest BCUT2D eigenvalue weighted by molar-refractivity contribution is 0.103. The van der Waals surface area contributed by atoms with Gasteiger partial charge in [0.2, 0.25) is 0 Å². The fourth-order valence-corrected chi connectivity index (χ4v) is 2.58. The van der Waals surface area contributed by atoms with E-state index in [0.717, 1.165) is 5.69 Å². The van der Waals surface area contributed by atoms with E-state index in [1.54, 1.807) is 42.6 Å². The van der Waals surface area contributed by atoms with Gasteiger partial charge in [0, 0.05) is 5.69 Å². The molecule has 23 heavy (non-hydrogen) atoms. The van der Waals surface area contributed by atoms with Gasteiger partial charge in [0.25, 0.3) is 5.91 Å². The molecule has 0 aliphatic carbocycles. The molecule has 0 unspecified atom stereocenters. The normalized spacial score (nSPS) is 9.87. The number of hydrogen-bond donors (Lipinski definition) is 2. The monoisotopic (exact) mass is 320 g/mol. The van der Waals surface area contributed by atoms with Crippen molar-refractivity contribution in [2.45, 2.75) is 0 Å². The second-order valence-corrected chi connectivity index (χ2v) is 5.63. The maximum atomic E-state index is 11.9. The van der Waals surface area contributed by atoms with E-state index in [9.17, 15) is 4.79 Å². The van der Waals surface area contributed by atoms with Gasteiger partial charge in [-0.05, 0) is 41.8 Å². The molecule has 1 amide bonds. The van der Waals surface area contributed by atoms with Gasteiger partial charge in [0.15, 0.2) is 0 Å². The molecular formula is C17H12N4OS. The number of hydrogen-bond acceptors (Lipinski definition) is 5. The van der Waals surface area contributed by atoms with Crippen molar-refractivity contribution in [2.24, 2.45) is 0 Å². The fourth-order valence-electron chi connectivity index (χ4n) is 1.96. The second kappa shape index (κ2) is 6.73. The minimum atomic E-state index is -0.149. The molecule has 3 aromatic rings. The molecular weight excluding hydrogens is 308 g/mol. The molecule has 2 heterocycles. The van der Waals surface area contributed by atoms with Crippen molar-refractivity contribution in [1.29, 1.82) is 5.26 Å². The van der Waals surface area contributed by atoms with E-state index in [1.165, 1.54) is 11.3 Å². The predicted octanol–water partition coefficient (Wildman–Crippen LogP) is 4.01. The average Bonchev–Trinajstić information content (AvgIpc) is 3.11. The molecule has 1 aromatic carbocycles. The number of nitrogens with one attached hydrogen (secondary N) is 2. The first-order valence-electron chi connectivity index (χ1n) is 6.83. The Kier molecular flexibility index (Phi) is 4.32. The van der Waals surface area contributed by atoms with Crippen molar-refractivity contribution >= 4 is 34.4 Å². The third-order valence-corrected chi connectivity index (χ3v) is 3.90. The molecule has 2 N–H and O–H groups in total. The van der Waals surface area contributed by atoms with Crippen LogP contribution in [0.4, 0.5) is 17.2 Å². The van der Waals surface area contributed by atoms with Crippen LogP contribution in [-0.4, -0.2) is 10.9 Å². The number of rotatable bonds is 4. The number of aromatic nitrogens is 1. The van der Waals surface area contributed by atoms with Crippen LogP contribution >= 0.6 is 11.3 Å². The number of carbonyl (C=O) groups excluding carboxylic acids is 1. The number of benzene rings is 1. The Morgan fingerprint density at radius 2 is 2.04 bits per heavy atom. The first kappa shape index (κ1) is 14.8. The fraction of sp³-hybridized carbons (Fsp3) is 0. The topological polar surface area (TPSA) is 77.8 Å². The van der Waals surface area contributed by atoms with Crippen LogP contribution < -0.4 is 10.6 Å². The summed E-state index contributed by atoms with van der Waals surface area (Å²) in [6.07, 6.45) is 1.59. The summed E-state index contributed by atoms with van der Waals surface area (Å²) in [4.78, 5) is 16.9. The van der Waals surface area contributed by atoms with Crippen molar-refractivity contribution in [2.75, 3.05) is 10.6 Å². The standard InChI is InChI=1S/C17H12N4OS/c18-10-12-3-1-4-13(9-12)20-16-7-6-14(11-19-16)21-17(22)15-5-2-8-23-15/h1-9,11H,(H,19,20)(H,21,22). The molecule has 0 aliphatic heterocycles. The molecule has 3 rings (SSSR count). The van der Waals surface area contributed by atoms with Gasteiger partial charge in [0.1, 0.15) is 5.82 Å². The van der Waals surface area contributed by atoms with E-state index in [-0.39, 0.29) is 5.91 Å². The van der Waals surface area contributed by atoms with Gasteiger partial charge in [-0.2, -0.15) is 5.26 Å². The summed E-state index contributed by atoms with van der Waals surface area (Å²) >= 11 is 1.39. The highest BCUT2D eigenvalue weighted by molar-refractivity contribution is 7.12. The highest BCUT2D eigenvalue weighted by atomic mass is 32.1. The molecule has 6 heteroatoms. The van der Waals surface area contributed by atoms with Crippen molar-refractivity contribution < 1.29 is 4.79 Å². The van der Waals surface area contributed by atoms with Gasteiger partial charge < -0.3 is 10.6 Å². The first-order valence-corrected chi connectivity index (χ1v) is 7.71. The quantitative estimate of drug-likeness (QED) is 0.761. The summed E-state index contributed by atoms with van der Waals surface area (Å²) in [7, 11) is 0. The third-order valence-electron chi connectivity index (χ3n) is 3.03. The Hall–Kier alpha value is -3.17. The van der Waals surface area contributed by atoms with Gasteiger partial charge in [-0.15, -0.1) is 11.3 Å². The number of thiophene rings is 1. The van der Waals surface area contributed by atoms with Crippen molar-refractivity contribution in [3.63, 3.8) is 0 Å². The predicted molar refractivity (Wildman–Crippen MR) is 90.9 cm³/mol. The van der Waals surface area contributed by atoms with Gasteiger partial charge in [-0.3, -0.25) is 4.79 Å². The Morgan fingerprint density at radius 3 is 2.74 bits per heavy atom. The highest BCUT2D eigenvalue weighted by Gasteiger charge is 2.07. The molecule has 0 aliphatic rings. The molecule has 0 spiro atoms. The maximum absolute atomic E-state index is 11.9. The number of nitrogens with zero attached hydrogens (tertiary/aromatic N) is 2. The molecule has 0 bridgehead atoms. The number of carbonyl (C=O) groups is 1. The van der Waals surface area contributed by atoms with Crippen LogP contribution in [-0.2, 0) is 0 Å². The van der Waals surface area contributed by atoms with Crippen LogP contribution in [0.15, 0.2) is 60.1 Å². The van der Waals surface area contributed by atoms with Crippen molar-refractivity contribution in [1.82, 2.24) is 4.98 Å². The summed E-state index contributed by atoms with van der Waals surface area (Å²) in [5, 5.41) is 16.7. The van der Waals surface area contributed by atoms with Gasteiger partial charge in [-0.25, -0.2) is 4.98 Å². The Bertz CT molecular complexity index is 851. The van der Waals surface area contributed by atoms with Crippen molar-refractivity contribution in [3.05, 3.63) is 70.5 Å². The zero-order valence-electron chi connectivity index (χ0n) is 12.0. The highest BCUT2D eigenvalue weighted by Crippen LogP contribution is 2.18. The summed E-state index contributed by atoms with van der Waals surface area (Å²) in [6.45, 7) is 0. The number of amides is 1. The molecule has 112 valence electrons. The Morgan fingerprint density at radius 1 is 1.13 bits per heavy atom. The minimum Gasteiger partial charge on any atom is -0.340 e. The van der Waals surface area contributed by atoms with Crippen molar-refractivity contribution in [3.8, 4) is 6.07 Å². The Balaban J connectivity index is 1.67. The number of anilines is 3. The van der Waals surface area contributed by atoms with Crippen LogP contribution in [0, 0.1) is 11.3 Å². The lowest BCUT2D eigenvalue weighted by Gasteiger charge is -2.07. The molecule has 2 aromatic heterocycles. The van der Waals surface area contributed by atoms with E-state index in [1.807, 2.05) is 17.5 Å². The number of pyridine rings is 1. The molecule has 0 atom stereocenters. The average molecular weight is 320 g/mol. The summed E-state index contributed by atoms with van der Waals surface area (Å²) < 4.78 is 0. The van der Waals surface area contributed by atoms with E-state index < -0.39 is 0 Å². The van der Waals surface area contributed by atoms with Crippen LogP contribution in [0.2, 0.25) is 0 Å². The molecule has 5 nitrogen and oxygen atoms in total. The van der Waals surface area contributed by atoms with Crippen LogP contribution in [0.3, 0.4) is 0 Å². The molecule has 0 saturated carbocycles. The summed E-state index contributed by atoms with van der Waals surface area (Å²) in [6, 6.07) is 16.4. The van der Waals surface area contributed by atoms with E-state index in [4.69, 9.17) is 5.26 Å². The SMILES string of the molecule is N#Cc1cccc(Nc2ccc(NC(=O)c3cccs3)cn2)c1. The molecule has 0 fully saturated rings. The lowest BCUT2D eigenvalue weighted by atomic mass is 10.2. The van der Waals surface area contributed by atoms with Crippen LogP contribution in [0.5, 0.6) is 0 Å². The largest absolute Gasteiger partial charge is 0.340 e. The van der Waals surface area contributed by atoms with Gasteiger partial charge >= 0.3 is 0 Å². The van der Waals surface area contributed by atoms with Crippen LogP contribution in [0.25, 0.3) is 0 Å². The smallest absolute Gasteiger partial charge is 0.265 e. The van der Waals surface area contributed by atoms with Crippen LogP contribution in [0.1, 0.15) is 15.2 Å². The zero-order valence-corrected chi connectivity index (χ0v) is 12.8. The summed E-state index contributed by atoms with van der Waals surface area (Å²) in [5.41, 5.74) is 1.99. The molecule has 0 radical (unpaired) electrons. The van der Waals surface area contributed by atoms with Gasteiger partial charge in [0.05, 0.1) is 28.4 Å². The maximum Gasteiger partial charge on any atom is 0.265 e. The Labute approximate surface area is 137 Å². The molecule has 0 saturated heterocycles. The summed E-state index contributed by atoms with van der Waals surface area (Å²) in [5.74, 6) is 0.485. The number of nitriles is 1. The first-order chi connectivity index (χ1) is 11.2. The lowest BCUT2D eigenvalue weighted by Crippen LogP contribution is -2.10. The van der Waals surface area contributed by atoms with E-state index in [0.29, 0.717) is 21.9 Å². The van der Waals surface area contributed by atoms with Gasteiger partial charge in [-0.1, -0.05) is 12.1 Å². The van der Waals surface area contributed by atoms with E-state index >= 15 is 0 Å². The van der Waals surface area contributed by atoms with E-state index in [2.05, 4.69) is 21.7 Å². The zero-order chi connectivity index (χ0) is 16.1. The third kappa shape index (κ3) is 3.73.